The smallest absolute Gasteiger partial charge is 0.243 e. The molecule has 3 heterocycles. The highest BCUT2D eigenvalue weighted by atomic mass is 35.5. The molecule has 1 saturated heterocycles. The Morgan fingerprint density at radius 1 is 1.15 bits per heavy atom. The molecule has 5 nitrogen and oxygen atoms in total. The van der Waals surface area contributed by atoms with Crippen LogP contribution in [0.2, 0.25) is 5.02 Å². The molecule has 2 unspecified atom stereocenters. The van der Waals surface area contributed by atoms with E-state index in [1.54, 1.807) is 28.6 Å². The van der Waals surface area contributed by atoms with E-state index in [0.29, 0.717) is 9.92 Å². The fourth-order valence-corrected chi connectivity index (χ4v) is 6.28. The number of rotatable bonds is 2. The van der Waals surface area contributed by atoms with E-state index in [0.717, 1.165) is 31.2 Å². The minimum Gasteiger partial charge on any atom is -0.264 e. The molecule has 140 valence electrons. The Morgan fingerprint density at radius 2 is 1.85 bits per heavy atom. The predicted molar refractivity (Wildman–Crippen MR) is 102 cm³/mol. The van der Waals surface area contributed by atoms with Crippen molar-refractivity contribution in [3.63, 3.8) is 0 Å². The summed E-state index contributed by atoms with van der Waals surface area (Å²) in [6.45, 7) is 6.40. The van der Waals surface area contributed by atoms with Crippen molar-refractivity contribution in [2.24, 2.45) is 0 Å². The Bertz CT molecular complexity index is 929. The van der Waals surface area contributed by atoms with Crippen molar-refractivity contribution in [3.8, 4) is 0 Å². The predicted octanol–water partition coefficient (Wildman–Crippen LogP) is 4.13. The zero-order chi connectivity index (χ0) is 18.7. The van der Waals surface area contributed by atoms with Crippen molar-refractivity contribution in [1.82, 2.24) is 14.1 Å². The molecular weight excluding hydrogens is 370 g/mol. The van der Waals surface area contributed by atoms with E-state index in [1.165, 1.54) is 5.69 Å². The molecule has 2 aliphatic heterocycles. The van der Waals surface area contributed by atoms with Gasteiger partial charge in [-0.15, -0.1) is 0 Å². The second-order valence-electron chi connectivity index (χ2n) is 8.22. The van der Waals surface area contributed by atoms with Gasteiger partial charge in [-0.1, -0.05) is 11.6 Å². The molecule has 0 amide bonds. The van der Waals surface area contributed by atoms with Gasteiger partial charge in [0.2, 0.25) is 10.0 Å². The van der Waals surface area contributed by atoms with Gasteiger partial charge in [0.05, 0.1) is 22.7 Å². The lowest BCUT2D eigenvalue weighted by molar-refractivity contribution is 0.157. The number of hydrogen-bond acceptors (Lipinski definition) is 3. The molecular formula is C19H24ClN3O2S. The van der Waals surface area contributed by atoms with E-state index in [-0.39, 0.29) is 17.6 Å². The third-order valence-corrected chi connectivity index (χ3v) is 7.62. The van der Waals surface area contributed by atoms with Crippen molar-refractivity contribution in [2.75, 3.05) is 0 Å². The Balaban J connectivity index is 1.80. The van der Waals surface area contributed by atoms with E-state index in [2.05, 4.69) is 30.6 Å². The Morgan fingerprint density at radius 3 is 2.50 bits per heavy atom. The van der Waals surface area contributed by atoms with Crippen LogP contribution in [0.15, 0.2) is 35.4 Å². The molecule has 0 saturated carbocycles. The molecule has 2 bridgehead atoms. The van der Waals surface area contributed by atoms with Crippen LogP contribution < -0.4 is 0 Å². The van der Waals surface area contributed by atoms with Crippen LogP contribution in [0.1, 0.15) is 57.3 Å². The van der Waals surface area contributed by atoms with Crippen molar-refractivity contribution in [1.29, 1.82) is 0 Å². The van der Waals surface area contributed by atoms with Crippen molar-refractivity contribution < 1.29 is 8.42 Å². The minimum atomic E-state index is -3.57. The lowest BCUT2D eigenvalue weighted by atomic mass is 9.85. The first kappa shape index (κ1) is 18.0. The normalized spacial score (nSPS) is 23.7. The van der Waals surface area contributed by atoms with Crippen molar-refractivity contribution in [3.05, 3.63) is 46.7 Å². The summed E-state index contributed by atoms with van der Waals surface area (Å²) in [6, 6.07) is 6.33. The van der Waals surface area contributed by atoms with E-state index in [9.17, 15) is 8.42 Å². The van der Waals surface area contributed by atoms with Gasteiger partial charge in [0, 0.05) is 28.7 Å². The number of nitrogens with zero attached hydrogens (tertiary/aromatic N) is 3. The summed E-state index contributed by atoms with van der Waals surface area (Å²) in [7, 11) is -3.57. The molecule has 4 rings (SSSR count). The van der Waals surface area contributed by atoms with Gasteiger partial charge in [0.15, 0.2) is 0 Å². The van der Waals surface area contributed by atoms with Crippen LogP contribution in [0.4, 0.5) is 0 Å². The highest BCUT2D eigenvalue weighted by molar-refractivity contribution is 7.89. The third kappa shape index (κ3) is 2.79. The maximum absolute atomic E-state index is 13.4. The fraction of sp³-hybridized carbons (Fsp3) is 0.526. The van der Waals surface area contributed by atoms with Crippen LogP contribution in [0.25, 0.3) is 0 Å². The SMILES string of the molecule is CC(C)(C)n1ncc2c1CC1CCCC2N1S(=O)(=O)c1ccc(Cl)cc1. The van der Waals surface area contributed by atoms with Crippen LogP contribution in [0, 0.1) is 0 Å². The Kier molecular flexibility index (Phi) is 4.21. The van der Waals surface area contributed by atoms with Gasteiger partial charge in [0.1, 0.15) is 0 Å². The molecule has 0 N–H and O–H groups in total. The minimum absolute atomic E-state index is 0.0141. The molecule has 7 heteroatoms. The lowest BCUT2D eigenvalue weighted by Crippen LogP contribution is -2.50. The molecule has 1 aromatic carbocycles. The van der Waals surface area contributed by atoms with E-state index < -0.39 is 10.0 Å². The average Bonchev–Trinajstić information content (AvgIpc) is 2.98. The first-order valence-corrected chi connectivity index (χ1v) is 10.9. The number of piperidine rings is 1. The number of halogens is 1. The molecule has 1 fully saturated rings. The summed E-state index contributed by atoms with van der Waals surface area (Å²) in [6.07, 6.45) is 5.36. The number of benzene rings is 1. The van der Waals surface area contributed by atoms with Gasteiger partial charge < -0.3 is 0 Å². The maximum Gasteiger partial charge on any atom is 0.243 e. The maximum atomic E-state index is 13.4. The molecule has 26 heavy (non-hydrogen) atoms. The number of fused-ring (bicyclic) bond motifs is 4. The fourth-order valence-electron chi connectivity index (χ4n) is 4.30. The zero-order valence-corrected chi connectivity index (χ0v) is 16.9. The van der Waals surface area contributed by atoms with Crippen molar-refractivity contribution in [2.45, 2.75) is 69.0 Å². The topological polar surface area (TPSA) is 55.2 Å². The molecule has 0 spiro atoms. The second kappa shape index (κ2) is 6.08. The van der Waals surface area contributed by atoms with Gasteiger partial charge in [-0.05, 0) is 64.3 Å². The summed E-state index contributed by atoms with van der Waals surface area (Å²) in [4.78, 5) is 0.311. The van der Waals surface area contributed by atoms with Gasteiger partial charge in [-0.3, -0.25) is 4.68 Å². The van der Waals surface area contributed by atoms with Crippen LogP contribution in [0.5, 0.6) is 0 Å². The van der Waals surface area contributed by atoms with E-state index in [4.69, 9.17) is 11.6 Å². The molecule has 2 aromatic rings. The third-order valence-electron chi connectivity index (χ3n) is 5.40. The summed E-state index contributed by atoms with van der Waals surface area (Å²) in [5.41, 5.74) is 2.14. The molecule has 0 radical (unpaired) electrons. The van der Waals surface area contributed by atoms with Gasteiger partial charge in [-0.2, -0.15) is 9.40 Å². The highest BCUT2D eigenvalue weighted by Gasteiger charge is 2.46. The summed E-state index contributed by atoms with van der Waals surface area (Å²) < 4.78 is 30.6. The van der Waals surface area contributed by atoms with Gasteiger partial charge in [0.25, 0.3) is 0 Å². The van der Waals surface area contributed by atoms with Gasteiger partial charge >= 0.3 is 0 Å². The zero-order valence-electron chi connectivity index (χ0n) is 15.3. The van der Waals surface area contributed by atoms with Crippen molar-refractivity contribution >= 4 is 21.6 Å². The largest absolute Gasteiger partial charge is 0.264 e. The molecule has 1 aromatic heterocycles. The standard InChI is InChI=1S/C19H24ClN3O2S/c1-19(2,3)23-18-11-14-5-4-6-17(16(18)12-21-23)22(14)26(24,25)15-9-7-13(20)8-10-15/h7-10,12,14,17H,4-6,11H2,1-3H3. The first-order valence-electron chi connectivity index (χ1n) is 9.06. The van der Waals surface area contributed by atoms with Crippen LogP contribution in [-0.4, -0.2) is 28.5 Å². The monoisotopic (exact) mass is 393 g/mol. The van der Waals surface area contributed by atoms with Gasteiger partial charge in [-0.25, -0.2) is 8.42 Å². The Hall–Kier alpha value is -1.37. The van der Waals surface area contributed by atoms with E-state index in [1.807, 2.05) is 6.20 Å². The average molecular weight is 394 g/mol. The van der Waals surface area contributed by atoms with E-state index >= 15 is 0 Å². The quantitative estimate of drug-likeness (QED) is 0.770. The summed E-state index contributed by atoms with van der Waals surface area (Å²) >= 11 is 5.94. The second-order valence-corrected chi connectivity index (χ2v) is 10.5. The van der Waals surface area contributed by atoms with Crippen LogP contribution in [-0.2, 0) is 22.0 Å². The number of sulfonamides is 1. The summed E-state index contributed by atoms with van der Waals surface area (Å²) in [5, 5.41) is 5.15. The van der Waals surface area contributed by atoms with Crippen LogP contribution in [0.3, 0.4) is 0 Å². The number of aromatic nitrogens is 2. The first-order chi connectivity index (χ1) is 12.2. The number of hydrogen-bond donors (Lipinski definition) is 0. The summed E-state index contributed by atoms with van der Waals surface area (Å²) in [5.74, 6) is 0. The molecule has 2 aliphatic rings. The highest BCUT2D eigenvalue weighted by Crippen LogP contribution is 2.45. The van der Waals surface area contributed by atoms with Crippen LogP contribution >= 0.6 is 11.6 Å². The molecule has 0 aliphatic carbocycles. The Labute approximate surface area is 160 Å². The molecule has 2 atom stereocenters. The lowest BCUT2D eigenvalue weighted by Gasteiger charge is -2.45.